The van der Waals surface area contributed by atoms with E-state index in [4.69, 9.17) is 16.7 Å². The molecule has 114 valence electrons. The molecular formula is C15H19ClN2O3. The number of hydrogen-bond donors (Lipinski definition) is 2. The van der Waals surface area contributed by atoms with E-state index in [-0.39, 0.29) is 12.5 Å². The van der Waals surface area contributed by atoms with E-state index in [2.05, 4.69) is 5.32 Å². The van der Waals surface area contributed by atoms with Gasteiger partial charge in [-0.1, -0.05) is 17.7 Å². The molecule has 1 aromatic rings. The minimum atomic E-state index is -1.04. The average Bonchev–Trinajstić information content (AvgIpc) is 2.95. The van der Waals surface area contributed by atoms with E-state index in [9.17, 15) is 9.59 Å². The van der Waals surface area contributed by atoms with Gasteiger partial charge in [0.2, 0.25) is 5.91 Å². The van der Waals surface area contributed by atoms with Crippen LogP contribution in [0.1, 0.15) is 19.3 Å². The zero-order valence-corrected chi connectivity index (χ0v) is 12.5. The number of aliphatic carboxylic acids is 1. The molecule has 1 aliphatic rings. The van der Waals surface area contributed by atoms with Gasteiger partial charge in [-0.25, -0.2) is 0 Å². The highest BCUT2D eigenvalue weighted by molar-refractivity contribution is 6.30. The Kier molecular flexibility index (Phi) is 5.59. The summed E-state index contributed by atoms with van der Waals surface area (Å²) in [6, 6.07) is 6.71. The lowest BCUT2D eigenvalue weighted by Crippen LogP contribution is -2.35. The van der Waals surface area contributed by atoms with Gasteiger partial charge in [0.15, 0.2) is 0 Å². The maximum absolute atomic E-state index is 12.3. The lowest BCUT2D eigenvalue weighted by atomic mass is 10.0. The molecule has 2 N–H and O–H groups in total. The summed E-state index contributed by atoms with van der Waals surface area (Å²) >= 11 is 5.92. The fourth-order valence-corrected chi connectivity index (χ4v) is 2.71. The number of nitrogens with one attached hydrogen (secondary N) is 1. The molecule has 1 unspecified atom stereocenters. The van der Waals surface area contributed by atoms with Crippen LogP contribution >= 0.6 is 11.6 Å². The number of rotatable bonds is 6. The van der Waals surface area contributed by atoms with Gasteiger partial charge in [0.05, 0.1) is 0 Å². The Bertz CT molecular complexity index is 515. The highest BCUT2D eigenvalue weighted by Gasteiger charge is 2.21. The Labute approximate surface area is 128 Å². The van der Waals surface area contributed by atoms with E-state index >= 15 is 0 Å². The fourth-order valence-electron chi connectivity index (χ4n) is 2.53. The van der Waals surface area contributed by atoms with Gasteiger partial charge >= 0.3 is 5.97 Å². The van der Waals surface area contributed by atoms with E-state index < -0.39 is 5.97 Å². The third-order valence-corrected chi connectivity index (χ3v) is 3.88. The van der Waals surface area contributed by atoms with Crippen LogP contribution in [0.4, 0.5) is 5.69 Å². The van der Waals surface area contributed by atoms with Crippen LogP contribution in [0.25, 0.3) is 0 Å². The predicted molar refractivity (Wildman–Crippen MR) is 81.7 cm³/mol. The molecule has 2 rings (SSSR count). The number of carboxylic acids is 1. The van der Waals surface area contributed by atoms with Crippen molar-refractivity contribution in [1.82, 2.24) is 5.32 Å². The van der Waals surface area contributed by atoms with Gasteiger partial charge in [0.25, 0.3) is 0 Å². The summed E-state index contributed by atoms with van der Waals surface area (Å²) in [5.41, 5.74) is 0.527. The first-order chi connectivity index (χ1) is 10.1. The number of hydrogen-bond acceptors (Lipinski definition) is 3. The van der Waals surface area contributed by atoms with Crippen LogP contribution in [0.5, 0.6) is 0 Å². The predicted octanol–water partition coefficient (Wildman–Crippen LogP) is 2.15. The van der Waals surface area contributed by atoms with Gasteiger partial charge in [0.1, 0.15) is 6.54 Å². The molecule has 21 heavy (non-hydrogen) atoms. The molecule has 1 fully saturated rings. The second-order valence-electron chi connectivity index (χ2n) is 5.25. The number of amides is 1. The topological polar surface area (TPSA) is 69.6 Å². The summed E-state index contributed by atoms with van der Waals surface area (Å²) in [4.78, 5) is 24.6. The second kappa shape index (κ2) is 7.43. The number of carboxylic acid groups (broad SMARTS) is 1. The Morgan fingerprint density at radius 3 is 2.86 bits per heavy atom. The highest BCUT2D eigenvalue weighted by atomic mass is 35.5. The minimum Gasteiger partial charge on any atom is -0.480 e. The molecular weight excluding hydrogens is 292 g/mol. The molecule has 6 heteroatoms. The van der Waals surface area contributed by atoms with Crippen LogP contribution in [0.15, 0.2) is 24.3 Å². The summed E-state index contributed by atoms with van der Waals surface area (Å²) < 4.78 is 0. The number of carbonyl (C=O) groups is 2. The van der Waals surface area contributed by atoms with Gasteiger partial charge < -0.3 is 15.3 Å². The first-order valence-corrected chi connectivity index (χ1v) is 7.42. The quantitative estimate of drug-likeness (QED) is 0.844. The summed E-state index contributed by atoms with van der Waals surface area (Å²) in [5.74, 6) is -0.711. The van der Waals surface area contributed by atoms with Crippen molar-refractivity contribution in [2.24, 2.45) is 5.92 Å². The third-order valence-electron chi connectivity index (χ3n) is 3.64. The van der Waals surface area contributed by atoms with Crippen LogP contribution in [0.2, 0.25) is 5.02 Å². The van der Waals surface area contributed by atoms with E-state index in [0.29, 0.717) is 23.0 Å². The summed E-state index contributed by atoms with van der Waals surface area (Å²) in [6.07, 6.45) is 2.21. The van der Waals surface area contributed by atoms with Gasteiger partial charge in [-0.2, -0.15) is 0 Å². The average molecular weight is 311 g/mol. The Morgan fingerprint density at radius 2 is 2.24 bits per heavy atom. The van der Waals surface area contributed by atoms with Crippen LogP contribution in [0, 0.1) is 5.92 Å². The van der Waals surface area contributed by atoms with Crippen molar-refractivity contribution in [3.8, 4) is 0 Å². The SMILES string of the molecule is O=C(O)CN(C(=O)CCC1CCNC1)c1cccc(Cl)c1. The first kappa shape index (κ1) is 15.8. The summed E-state index contributed by atoms with van der Waals surface area (Å²) in [6.45, 7) is 1.58. The molecule has 0 aliphatic carbocycles. The van der Waals surface area contributed by atoms with Gasteiger partial charge in [-0.3, -0.25) is 9.59 Å². The van der Waals surface area contributed by atoms with Crippen molar-refractivity contribution < 1.29 is 14.7 Å². The molecule has 1 aliphatic heterocycles. The molecule has 1 amide bonds. The molecule has 0 saturated carbocycles. The molecule has 0 bridgehead atoms. The zero-order chi connectivity index (χ0) is 15.2. The Hall–Kier alpha value is -1.59. The number of nitrogens with zero attached hydrogens (tertiary/aromatic N) is 1. The largest absolute Gasteiger partial charge is 0.480 e. The summed E-state index contributed by atoms with van der Waals surface area (Å²) in [5, 5.41) is 12.7. The van der Waals surface area contributed by atoms with Gasteiger partial charge in [-0.15, -0.1) is 0 Å². The lowest BCUT2D eigenvalue weighted by Gasteiger charge is -2.21. The van der Waals surface area contributed by atoms with Crippen LogP contribution in [-0.4, -0.2) is 36.6 Å². The molecule has 1 saturated heterocycles. The summed E-state index contributed by atoms with van der Waals surface area (Å²) in [7, 11) is 0. The number of carbonyl (C=O) groups excluding carboxylic acids is 1. The minimum absolute atomic E-state index is 0.174. The Morgan fingerprint density at radius 1 is 1.43 bits per heavy atom. The smallest absolute Gasteiger partial charge is 0.323 e. The number of anilines is 1. The lowest BCUT2D eigenvalue weighted by molar-refractivity contribution is -0.136. The van der Waals surface area contributed by atoms with Crippen molar-refractivity contribution in [3.05, 3.63) is 29.3 Å². The van der Waals surface area contributed by atoms with Crippen LogP contribution < -0.4 is 10.2 Å². The number of benzene rings is 1. The van der Waals surface area contributed by atoms with Crippen LogP contribution in [-0.2, 0) is 9.59 Å². The first-order valence-electron chi connectivity index (χ1n) is 7.04. The monoisotopic (exact) mass is 310 g/mol. The third kappa shape index (κ3) is 4.72. The molecule has 5 nitrogen and oxygen atoms in total. The molecule has 0 spiro atoms. The van der Waals surface area contributed by atoms with Crippen molar-refractivity contribution in [2.75, 3.05) is 24.5 Å². The second-order valence-corrected chi connectivity index (χ2v) is 5.69. The maximum Gasteiger partial charge on any atom is 0.323 e. The normalized spacial score (nSPS) is 17.7. The van der Waals surface area contributed by atoms with Crippen molar-refractivity contribution in [1.29, 1.82) is 0 Å². The Balaban J connectivity index is 2.03. The van der Waals surface area contributed by atoms with E-state index in [1.807, 2.05) is 0 Å². The van der Waals surface area contributed by atoms with Gasteiger partial charge in [-0.05, 0) is 50.0 Å². The highest BCUT2D eigenvalue weighted by Crippen LogP contribution is 2.22. The molecule has 1 aromatic carbocycles. The van der Waals surface area contributed by atoms with Crippen molar-refractivity contribution in [2.45, 2.75) is 19.3 Å². The van der Waals surface area contributed by atoms with E-state index in [1.54, 1.807) is 24.3 Å². The fraction of sp³-hybridized carbons (Fsp3) is 0.467. The molecule has 0 aromatic heterocycles. The molecule has 1 atom stereocenters. The van der Waals surface area contributed by atoms with E-state index in [0.717, 1.165) is 25.9 Å². The molecule has 1 heterocycles. The van der Waals surface area contributed by atoms with E-state index in [1.165, 1.54) is 4.90 Å². The van der Waals surface area contributed by atoms with Crippen LogP contribution in [0.3, 0.4) is 0 Å². The van der Waals surface area contributed by atoms with Gasteiger partial charge in [0, 0.05) is 17.1 Å². The van der Waals surface area contributed by atoms with Crippen molar-refractivity contribution in [3.63, 3.8) is 0 Å². The zero-order valence-electron chi connectivity index (χ0n) is 11.7. The maximum atomic E-state index is 12.3. The standard InChI is InChI=1S/C15H19ClN2O3/c16-12-2-1-3-13(8-12)18(10-15(20)21)14(19)5-4-11-6-7-17-9-11/h1-3,8,11,17H,4-7,9-10H2,(H,20,21). The van der Waals surface area contributed by atoms with Crippen molar-refractivity contribution >= 4 is 29.2 Å². The molecule has 0 radical (unpaired) electrons. The number of halogens is 1.